The predicted octanol–water partition coefficient (Wildman–Crippen LogP) is 3.91. The Morgan fingerprint density at radius 2 is 1.96 bits per heavy atom. The number of carbonyl (C=O) groups excluding carboxylic acids is 1. The fourth-order valence-electron chi connectivity index (χ4n) is 2.68. The Bertz CT molecular complexity index is 737. The molecular formula is C20H25ClN2O3. The number of ether oxygens (including phenoxy) is 2. The molecule has 0 aliphatic heterocycles. The van der Waals surface area contributed by atoms with Crippen LogP contribution < -0.4 is 20.1 Å². The van der Waals surface area contributed by atoms with E-state index in [-0.39, 0.29) is 11.9 Å². The maximum atomic E-state index is 12.1. The topological polar surface area (TPSA) is 59.6 Å². The van der Waals surface area contributed by atoms with E-state index in [4.69, 9.17) is 21.1 Å². The van der Waals surface area contributed by atoms with E-state index in [2.05, 4.69) is 10.6 Å². The van der Waals surface area contributed by atoms with Gasteiger partial charge < -0.3 is 20.1 Å². The molecule has 140 valence electrons. The lowest BCUT2D eigenvalue weighted by Gasteiger charge is -2.15. The third kappa shape index (κ3) is 6.15. The minimum atomic E-state index is -0.00566. The van der Waals surface area contributed by atoms with Gasteiger partial charge in [-0.15, -0.1) is 0 Å². The number of anilines is 1. The quantitative estimate of drug-likeness (QED) is 0.696. The highest BCUT2D eigenvalue weighted by Gasteiger charge is 2.10. The molecule has 0 radical (unpaired) electrons. The number of methoxy groups -OCH3 is 2. The highest BCUT2D eigenvalue weighted by molar-refractivity contribution is 6.30. The zero-order chi connectivity index (χ0) is 18.9. The van der Waals surface area contributed by atoms with Crippen LogP contribution in [0, 0.1) is 0 Å². The van der Waals surface area contributed by atoms with Gasteiger partial charge in [0.1, 0.15) is 11.5 Å². The maximum absolute atomic E-state index is 12.1. The van der Waals surface area contributed by atoms with Gasteiger partial charge in [-0.1, -0.05) is 23.7 Å². The van der Waals surface area contributed by atoms with Crippen LogP contribution in [0.3, 0.4) is 0 Å². The van der Waals surface area contributed by atoms with Gasteiger partial charge in [-0.05, 0) is 49.2 Å². The normalized spacial score (nSPS) is 11.5. The first-order valence-corrected chi connectivity index (χ1v) is 8.89. The molecule has 2 rings (SSSR count). The fraction of sp³-hybridized carbons (Fsp3) is 0.350. The summed E-state index contributed by atoms with van der Waals surface area (Å²) in [6.07, 6.45) is 1.11. The Balaban J connectivity index is 1.78. The maximum Gasteiger partial charge on any atom is 0.221 e. The lowest BCUT2D eigenvalue weighted by Crippen LogP contribution is -2.35. The van der Waals surface area contributed by atoms with E-state index in [1.807, 2.05) is 31.2 Å². The number of hydrogen-bond acceptors (Lipinski definition) is 4. The number of benzene rings is 2. The molecule has 6 heteroatoms. The average Bonchev–Trinajstić information content (AvgIpc) is 2.62. The largest absolute Gasteiger partial charge is 0.497 e. The summed E-state index contributed by atoms with van der Waals surface area (Å²) in [5, 5.41) is 6.82. The van der Waals surface area contributed by atoms with Gasteiger partial charge in [-0.3, -0.25) is 4.79 Å². The molecule has 1 atom stereocenters. The molecule has 0 fully saturated rings. The number of carbonyl (C=O) groups is 1. The number of rotatable bonds is 9. The van der Waals surface area contributed by atoms with E-state index in [1.165, 1.54) is 0 Å². The van der Waals surface area contributed by atoms with Crippen molar-refractivity contribution in [2.45, 2.75) is 25.8 Å². The van der Waals surface area contributed by atoms with Crippen LogP contribution in [0.2, 0.25) is 5.02 Å². The van der Waals surface area contributed by atoms with Crippen LogP contribution in [-0.4, -0.2) is 32.7 Å². The average molecular weight is 377 g/mol. The van der Waals surface area contributed by atoms with Crippen LogP contribution in [-0.2, 0) is 11.2 Å². The van der Waals surface area contributed by atoms with Gasteiger partial charge in [-0.25, -0.2) is 0 Å². The molecule has 0 heterocycles. The molecule has 26 heavy (non-hydrogen) atoms. The van der Waals surface area contributed by atoms with E-state index < -0.39 is 0 Å². The second kappa shape index (κ2) is 9.92. The Labute approximate surface area is 159 Å². The van der Waals surface area contributed by atoms with E-state index >= 15 is 0 Å². The Morgan fingerprint density at radius 1 is 1.15 bits per heavy atom. The molecule has 1 amide bonds. The third-order valence-corrected chi connectivity index (χ3v) is 4.15. The summed E-state index contributed by atoms with van der Waals surface area (Å²) >= 11 is 6.00. The molecule has 0 aliphatic rings. The van der Waals surface area contributed by atoms with Crippen molar-refractivity contribution in [2.24, 2.45) is 0 Å². The van der Waals surface area contributed by atoms with Gasteiger partial charge in [0.15, 0.2) is 0 Å². The monoisotopic (exact) mass is 376 g/mol. The van der Waals surface area contributed by atoms with Crippen LogP contribution in [0.5, 0.6) is 11.5 Å². The molecule has 0 aromatic heterocycles. The van der Waals surface area contributed by atoms with Crippen molar-refractivity contribution in [1.82, 2.24) is 5.32 Å². The second-order valence-electron chi connectivity index (χ2n) is 6.05. The number of nitrogens with one attached hydrogen (secondary N) is 2. The second-order valence-corrected chi connectivity index (χ2v) is 6.48. The zero-order valence-electron chi connectivity index (χ0n) is 15.3. The van der Waals surface area contributed by atoms with Crippen molar-refractivity contribution in [1.29, 1.82) is 0 Å². The minimum Gasteiger partial charge on any atom is -0.497 e. The van der Waals surface area contributed by atoms with Gasteiger partial charge in [0.2, 0.25) is 5.91 Å². The van der Waals surface area contributed by atoms with Crippen molar-refractivity contribution in [3.8, 4) is 11.5 Å². The molecule has 0 saturated heterocycles. The smallest absolute Gasteiger partial charge is 0.221 e. The fourth-order valence-corrected chi connectivity index (χ4v) is 2.85. The lowest BCUT2D eigenvalue weighted by atomic mass is 10.1. The summed E-state index contributed by atoms with van der Waals surface area (Å²) in [5.74, 6) is 1.51. The molecule has 0 spiro atoms. The van der Waals surface area contributed by atoms with E-state index in [9.17, 15) is 4.79 Å². The molecule has 0 aliphatic carbocycles. The van der Waals surface area contributed by atoms with Gasteiger partial charge >= 0.3 is 0 Å². The summed E-state index contributed by atoms with van der Waals surface area (Å²) in [6.45, 7) is 2.49. The summed E-state index contributed by atoms with van der Waals surface area (Å²) in [6, 6.07) is 13.2. The standard InChI is InChI=1S/C20H25ClN2O3/c1-14(11-15-5-4-6-17(12-15)25-2)23-20(24)9-10-22-18-13-16(21)7-8-19(18)26-3/h4-8,12-14,22H,9-11H2,1-3H3,(H,23,24). The minimum absolute atomic E-state index is 0.00566. The summed E-state index contributed by atoms with van der Waals surface area (Å²) in [5.41, 5.74) is 1.90. The van der Waals surface area contributed by atoms with Gasteiger partial charge in [-0.2, -0.15) is 0 Å². The molecule has 2 aromatic carbocycles. The van der Waals surface area contributed by atoms with Crippen LogP contribution >= 0.6 is 11.6 Å². The van der Waals surface area contributed by atoms with E-state index in [1.54, 1.807) is 32.4 Å². The number of hydrogen-bond donors (Lipinski definition) is 2. The van der Waals surface area contributed by atoms with Crippen molar-refractivity contribution < 1.29 is 14.3 Å². The van der Waals surface area contributed by atoms with Crippen LogP contribution in [0.1, 0.15) is 18.9 Å². The Kier molecular flexibility index (Phi) is 7.60. The number of amides is 1. The molecule has 1 unspecified atom stereocenters. The highest BCUT2D eigenvalue weighted by Crippen LogP contribution is 2.27. The molecule has 0 saturated carbocycles. The van der Waals surface area contributed by atoms with E-state index in [0.717, 1.165) is 23.4 Å². The molecule has 0 bridgehead atoms. The van der Waals surface area contributed by atoms with E-state index in [0.29, 0.717) is 23.7 Å². The Hall–Kier alpha value is -2.40. The van der Waals surface area contributed by atoms with Gasteiger partial charge in [0.25, 0.3) is 0 Å². The summed E-state index contributed by atoms with van der Waals surface area (Å²) in [7, 11) is 3.24. The van der Waals surface area contributed by atoms with Crippen molar-refractivity contribution >= 4 is 23.2 Å². The van der Waals surface area contributed by atoms with Crippen molar-refractivity contribution in [3.05, 3.63) is 53.1 Å². The van der Waals surface area contributed by atoms with Gasteiger partial charge in [0, 0.05) is 24.0 Å². The van der Waals surface area contributed by atoms with Crippen LogP contribution in [0.15, 0.2) is 42.5 Å². The summed E-state index contributed by atoms with van der Waals surface area (Å²) < 4.78 is 10.5. The van der Waals surface area contributed by atoms with Crippen LogP contribution in [0.25, 0.3) is 0 Å². The molecular weight excluding hydrogens is 352 g/mol. The molecule has 2 N–H and O–H groups in total. The Morgan fingerprint density at radius 3 is 2.69 bits per heavy atom. The molecule has 5 nitrogen and oxygen atoms in total. The molecule has 2 aromatic rings. The SMILES string of the molecule is COc1cccc(CC(C)NC(=O)CCNc2cc(Cl)ccc2OC)c1. The summed E-state index contributed by atoms with van der Waals surface area (Å²) in [4.78, 5) is 12.1. The van der Waals surface area contributed by atoms with Gasteiger partial charge in [0.05, 0.1) is 19.9 Å². The zero-order valence-corrected chi connectivity index (χ0v) is 16.1. The first-order valence-electron chi connectivity index (χ1n) is 8.51. The van der Waals surface area contributed by atoms with Crippen molar-refractivity contribution in [3.63, 3.8) is 0 Å². The van der Waals surface area contributed by atoms with Crippen molar-refractivity contribution in [2.75, 3.05) is 26.1 Å². The number of halogens is 1. The highest BCUT2D eigenvalue weighted by atomic mass is 35.5. The first kappa shape index (κ1) is 19.9. The predicted molar refractivity (Wildman–Crippen MR) is 105 cm³/mol. The van der Waals surface area contributed by atoms with Crippen LogP contribution in [0.4, 0.5) is 5.69 Å². The lowest BCUT2D eigenvalue weighted by molar-refractivity contribution is -0.121. The third-order valence-electron chi connectivity index (χ3n) is 3.91. The first-order chi connectivity index (χ1) is 12.5.